The summed E-state index contributed by atoms with van der Waals surface area (Å²) in [7, 11) is 0.564. The second-order valence-electron chi connectivity index (χ2n) is 11.8. The van der Waals surface area contributed by atoms with Crippen LogP contribution in [0.4, 0.5) is 0 Å². The molecule has 3 aliphatic rings. The Morgan fingerprint density at radius 3 is 2.51 bits per heavy atom. The minimum atomic E-state index is -0.984. The van der Waals surface area contributed by atoms with Crippen LogP contribution in [0.25, 0.3) is 6.08 Å². The molecule has 41 heavy (non-hydrogen) atoms. The van der Waals surface area contributed by atoms with Gasteiger partial charge in [0.1, 0.15) is 0 Å². The van der Waals surface area contributed by atoms with Crippen molar-refractivity contribution in [1.29, 1.82) is 0 Å². The van der Waals surface area contributed by atoms with Crippen molar-refractivity contribution in [1.82, 2.24) is 0 Å². The van der Waals surface area contributed by atoms with Crippen LogP contribution in [0.3, 0.4) is 0 Å². The van der Waals surface area contributed by atoms with Crippen molar-refractivity contribution in [2.45, 2.75) is 65.3 Å². The number of phenolic OH excluding ortho intramolecular Hbond substituents is 1. The molecule has 1 aliphatic heterocycles. The van der Waals surface area contributed by atoms with Crippen molar-refractivity contribution < 1.29 is 29.1 Å². The molecule has 6 nitrogen and oxygen atoms in total. The fourth-order valence-electron chi connectivity index (χ4n) is 7.13. The van der Waals surface area contributed by atoms with Crippen LogP contribution in [0, 0.1) is 27.2 Å². The number of fused-ring (bicyclic) bond motifs is 4. The number of aromatic hydroxyl groups is 1. The minimum Gasteiger partial charge on any atom is -0.504 e. The number of phenols is 1. The van der Waals surface area contributed by atoms with Gasteiger partial charge in [0.05, 0.1) is 16.8 Å². The Morgan fingerprint density at radius 2 is 1.85 bits per heavy atom. The summed E-state index contributed by atoms with van der Waals surface area (Å²) in [5, 5.41) is 21.2. The lowest BCUT2D eigenvalue weighted by atomic mass is 9.53. The number of benzene rings is 2. The Hall–Kier alpha value is -2.43. The summed E-state index contributed by atoms with van der Waals surface area (Å²) < 4.78 is 12.3. The summed E-state index contributed by atoms with van der Waals surface area (Å²) in [6.45, 7) is 6.44. The monoisotopic (exact) mass is 668 g/mol. The van der Waals surface area contributed by atoms with Gasteiger partial charge in [-0.25, -0.2) is 0 Å². The molecule has 2 aromatic carbocycles. The van der Waals surface area contributed by atoms with E-state index in [0.717, 1.165) is 34.0 Å². The minimum absolute atomic E-state index is 0.0193. The zero-order valence-corrected chi connectivity index (χ0v) is 26.3. The fourth-order valence-corrected chi connectivity index (χ4v) is 7.76. The number of ether oxygens (including phenoxy) is 1. The summed E-state index contributed by atoms with van der Waals surface area (Å²) in [5.41, 5.74) is 5.58. The van der Waals surface area contributed by atoms with E-state index in [1.807, 2.05) is 24.3 Å². The van der Waals surface area contributed by atoms with Gasteiger partial charge in [-0.15, -0.1) is 0 Å². The number of allylic oxidation sites excluding steroid dienone is 2. The number of ketones is 2. The SMILES string of the molecule is CCC/C(=C\c1cc(I)c(O)c(OC)c1)CC[C@H]1OB(O)C[C@H]2C1=C(C(C)C)C[C@H]1C(=O)c3ccccc3C(=O)[C@H]12. The van der Waals surface area contributed by atoms with Gasteiger partial charge in [-0.05, 0) is 89.7 Å². The zero-order chi connectivity index (χ0) is 29.4. The van der Waals surface area contributed by atoms with Crippen LogP contribution in [-0.2, 0) is 4.65 Å². The van der Waals surface area contributed by atoms with Crippen molar-refractivity contribution in [2.75, 3.05) is 7.11 Å². The average Bonchev–Trinajstić information content (AvgIpc) is 2.95. The highest BCUT2D eigenvalue weighted by molar-refractivity contribution is 14.1. The first-order valence-corrected chi connectivity index (χ1v) is 15.7. The van der Waals surface area contributed by atoms with E-state index in [2.05, 4.69) is 49.4 Å². The number of Topliss-reactive ketones (excluding diaryl/α,β-unsaturated/α-hetero) is 2. The molecule has 2 aliphatic carbocycles. The molecular formula is C33H38BIO6. The van der Waals surface area contributed by atoms with Crippen molar-refractivity contribution in [3.05, 3.63) is 73.4 Å². The third-order valence-corrected chi connectivity index (χ3v) is 9.76. The first-order valence-electron chi connectivity index (χ1n) is 14.6. The van der Waals surface area contributed by atoms with Gasteiger partial charge in [-0.1, -0.05) is 68.7 Å². The van der Waals surface area contributed by atoms with Crippen LogP contribution in [0.1, 0.15) is 79.2 Å². The number of methoxy groups -OCH3 is 1. The van der Waals surface area contributed by atoms with Gasteiger partial charge in [-0.2, -0.15) is 0 Å². The van der Waals surface area contributed by atoms with E-state index in [0.29, 0.717) is 36.0 Å². The molecule has 0 radical (unpaired) electrons. The topological polar surface area (TPSA) is 93.1 Å². The molecule has 1 saturated heterocycles. The van der Waals surface area contributed by atoms with E-state index in [1.54, 1.807) is 19.2 Å². The maximum absolute atomic E-state index is 13.9. The van der Waals surface area contributed by atoms with E-state index < -0.39 is 19.0 Å². The van der Waals surface area contributed by atoms with E-state index in [9.17, 15) is 19.7 Å². The van der Waals surface area contributed by atoms with Crippen molar-refractivity contribution in [3.63, 3.8) is 0 Å². The number of carbonyl (C=O) groups excluding carboxylic acids is 2. The van der Waals surface area contributed by atoms with Crippen LogP contribution in [-0.4, -0.2) is 42.0 Å². The largest absolute Gasteiger partial charge is 0.504 e. The van der Waals surface area contributed by atoms with E-state index in [1.165, 1.54) is 11.1 Å². The van der Waals surface area contributed by atoms with Crippen molar-refractivity contribution in [2.24, 2.45) is 23.7 Å². The third-order valence-electron chi connectivity index (χ3n) is 8.94. The molecule has 0 spiro atoms. The maximum atomic E-state index is 13.9. The van der Waals surface area contributed by atoms with Crippen molar-refractivity contribution in [3.8, 4) is 11.5 Å². The Labute approximate surface area is 256 Å². The van der Waals surface area contributed by atoms with Crippen LogP contribution in [0.2, 0.25) is 6.32 Å². The van der Waals surface area contributed by atoms with Crippen LogP contribution < -0.4 is 4.74 Å². The molecule has 8 heteroatoms. The van der Waals surface area contributed by atoms with E-state index in [-0.39, 0.29) is 35.3 Å². The van der Waals surface area contributed by atoms with Crippen LogP contribution >= 0.6 is 22.6 Å². The predicted octanol–water partition coefficient (Wildman–Crippen LogP) is 7.13. The first kappa shape index (κ1) is 30.0. The Bertz CT molecular complexity index is 1410. The molecule has 0 saturated carbocycles. The number of halogens is 1. The Kier molecular flexibility index (Phi) is 9.11. The van der Waals surface area contributed by atoms with Gasteiger partial charge >= 0.3 is 7.12 Å². The first-order chi connectivity index (χ1) is 19.6. The maximum Gasteiger partial charge on any atom is 0.455 e. The van der Waals surface area contributed by atoms with E-state index in [4.69, 9.17) is 9.39 Å². The van der Waals surface area contributed by atoms with Gasteiger partial charge in [0.15, 0.2) is 23.1 Å². The number of carbonyl (C=O) groups is 2. The highest BCUT2D eigenvalue weighted by Crippen LogP contribution is 2.52. The highest BCUT2D eigenvalue weighted by Gasteiger charge is 2.53. The quantitative estimate of drug-likeness (QED) is 0.177. The van der Waals surface area contributed by atoms with Gasteiger partial charge < -0.3 is 19.5 Å². The normalized spacial score (nSPS) is 24.4. The molecule has 2 aromatic rings. The summed E-state index contributed by atoms with van der Waals surface area (Å²) in [5.74, 6) is -0.223. The lowest BCUT2D eigenvalue weighted by Crippen LogP contribution is -2.51. The molecule has 0 amide bonds. The molecule has 0 unspecified atom stereocenters. The highest BCUT2D eigenvalue weighted by atomic mass is 127. The van der Waals surface area contributed by atoms with E-state index >= 15 is 0 Å². The lowest BCUT2D eigenvalue weighted by molar-refractivity contribution is 0.0593. The van der Waals surface area contributed by atoms with Crippen LogP contribution in [0.5, 0.6) is 11.5 Å². The Balaban J connectivity index is 1.48. The summed E-state index contributed by atoms with van der Waals surface area (Å²) in [6, 6.07) is 11.0. The second-order valence-corrected chi connectivity index (χ2v) is 13.0. The predicted molar refractivity (Wildman–Crippen MR) is 169 cm³/mol. The summed E-state index contributed by atoms with van der Waals surface area (Å²) in [4.78, 5) is 27.5. The molecule has 1 fully saturated rings. The lowest BCUT2D eigenvalue weighted by Gasteiger charge is -2.48. The number of rotatable bonds is 8. The molecule has 4 atom stereocenters. The van der Waals surface area contributed by atoms with Gasteiger partial charge in [0.25, 0.3) is 0 Å². The molecule has 0 bridgehead atoms. The molecule has 5 rings (SSSR count). The molecule has 1 heterocycles. The molecular weight excluding hydrogens is 630 g/mol. The third kappa shape index (κ3) is 5.80. The summed E-state index contributed by atoms with van der Waals surface area (Å²) in [6.07, 6.45) is 6.04. The number of hydrogen-bond donors (Lipinski definition) is 2. The average molecular weight is 668 g/mol. The standard InChI is InChI=1S/C33H38BIO6/c1-5-8-19(13-20-14-26(35)33(38)28(15-20)40-4)11-12-27-29-23(18(2)3)16-24-30(25(29)17-34(39)41-27)32(37)22-10-7-6-9-21(22)31(24)36/h6-7,9-10,13-15,18,24-25,27,30,38-39H,5,8,11-12,16-17H2,1-4H3/b19-13+/t24-,25+,27-,30-/m1/s1. The van der Waals surface area contributed by atoms with Crippen molar-refractivity contribution >= 4 is 47.4 Å². The summed E-state index contributed by atoms with van der Waals surface area (Å²) >= 11 is 2.11. The Morgan fingerprint density at radius 1 is 1.15 bits per heavy atom. The van der Waals surface area contributed by atoms with Crippen LogP contribution in [0.15, 0.2) is 53.1 Å². The van der Waals surface area contributed by atoms with Gasteiger partial charge in [0, 0.05) is 23.0 Å². The van der Waals surface area contributed by atoms with Gasteiger partial charge in [0.2, 0.25) is 0 Å². The number of hydrogen-bond acceptors (Lipinski definition) is 6. The zero-order valence-electron chi connectivity index (χ0n) is 24.2. The molecule has 2 N–H and O–H groups in total. The van der Waals surface area contributed by atoms with Gasteiger partial charge in [-0.3, -0.25) is 9.59 Å². The second kappa shape index (κ2) is 12.4. The molecule has 216 valence electrons. The smallest absolute Gasteiger partial charge is 0.455 e. The molecule has 0 aromatic heterocycles. The fraction of sp³-hybridized carbons (Fsp3) is 0.455.